The molecule has 418 valence electrons. The summed E-state index contributed by atoms with van der Waals surface area (Å²) in [5.74, 6) is -0.555. The van der Waals surface area contributed by atoms with Crippen molar-refractivity contribution in [1.29, 1.82) is 10.5 Å². The molecule has 2 atom stereocenters. The van der Waals surface area contributed by atoms with E-state index < -0.39 is 16.9 Å². The lowest BCUT2D eigenvalue weighted by atomic mass is 9.62. The Morgan fingerprint density at radius 2 is 1.04 bits per heavy atom. The summed E-state index contributed by atoms with van der Waals surface area (Å²) in [6.45, 7) is 2.40. The second kappa shape index (κ2) is 18.3. The standard InChI is InChI=1S/C83H56N6/c1-81(89-75-32-16-12-28-69(75)83(70-29-13-17-33-76(70)89)65-24-8-4-20-59(65)60-21-5-9-25-66(60)83)44-42-51(43-45-81)56-39-41-62-78-61(79-80(62)87-72-47-53(49-85)52(48-84)46-71(72)86-79)40-38-55(77(56)78)50-34-36-54(37-35-50)88-73-30-14-10-26-67(73)82(68-27-11-15-31-74(68)88)63-22-6-2-18-57(63)58-19-3-7-23-64(58)82/h2-6,8-22,24-34,36,38-44,47,52H,7,23,35,37,45-46H2,1H3. The summed E-state index contributed by atoms with van der Waals surface area (Å²) in [4.78, 5) is 15.9. The van der Waals surface area contributed by atoms with Gasteiger partial charge in [0.15, 0.2) is 0 Å². The van der Waals surface area contributed by atoms with Crippen molar-refractivity contribution in [3.63, 3.8) is 0 Å². The Morgan fingerprint density at radius 3 is 1.64 bits per heavy atom. The first-order valence-electron chi connectivity index (χ1n) is 31.4. The fourth-order valence-electron chi connectivity index (χ4n) is 17.7. The van der Waals surface area contributed by atoms with Crippen molar-refractivity contribution in [2.75, 3.05) is 9.80 Å². The fourth-order valence-corrected chi connectivity index (χ4v) is 17.7. The lowest BCUT2D eigenvalue weighted by molar-refractivity contribution is 0.555. The zero-order chi connectivity index (χ0) is 58.9. The van der Waals surface area contributed by atoms with Crippen LogP contribution in [0.1, 0.15) is 106 Å². The number of hydrogen-bond donors (Lipinski definition) is 0. The van der Waals surface area contributed by atoms with E-state index >= 15 is 0 Å². The van der Waals surface area contributed by atoms with Gasteiger partial charge in [-0.25, -0.2) is 9.97 Å². The maximum absolute atomic E-state index is 10.2. The van der Waals surface area contributed by atoms with Crippen LogP contribution in [0, 0.1) is 28.6 Å². The molecule has 2 spiro atoms. The minimum Gasteiger partial charge on any atom is -0.331 e. The van der Waals surface area contributed by atoms with Gasteiger partial charge >= 0.3 is 0 Å². The van der Waals surface area contributed by atoms with Crippen molar-refractivity contribution in [1.82, 2.24) is 9.97 Å². The number of fused-ring (bicyclic) bond motifs is 21. The zero-order valence-corrected chi connectivity index (χ0v) is 49.1. The van der Waals surface area contributed by atoms with E-state index in [0.717, 1.165) is 65.7 Å². The summed E-state index contributed by atoms with van der Waals surface area (Å²) < 4.78 is 0. The largest absolute Gasteiger partial charge is 0.331 e. The van der Waals surface area contributed by atoms with Crippen molar-refractivity contribution in [3.05, 3.63) is 321 Å². The molecule has 89 heavy (non-hydrogen) atoms. The van der Waals surface area contributed by atoms with Crippen molar-refractivity contribution in [2.24, 2.45) is 5.92 Å². The Bertz CT molecular complexity index is 5090. The summed E-state index contributed by atoms with van der Waals surface area (Å²) in [6.07, 6.45) is 23.5. The van der Waals surface area contributed by atoms with E-state index in [2.05, 4.69) is 266 Å². The van der Waals surface area contributed by atoms with Crippen LogP contribution in [-0.2, 0) is 17.3 Å². The number of benzene rings is 9. The molecule has 0 bridgehead atoms. The molecule has 2 unspecified atom stereocenters. The Kier molecular flexibility index (Phi) is 10.3. The predicted octanol–water partition coefficient (Wildman–Crippen LogP) is 19.2. The number of rotatable bonds is 4. The number of hydrogen-bond acceptors (Lipinski definition) is 6. The number of nitrogens with zero attached hydrogens (tertiary/aromatic N) is 6. The molecule has 0 radical (unpaired) electrons. The summed E-state index contributed by atoms with van der Waals surface area (Å²) in [5, 5.41) is 22.6. The average Bonchev–Trinajstić information content (AvgIpc) is 1.60. The highest BCUT2D eigenvalue weighted by atomic mass is 15.2. The van der Waals surface area contributed by atoms with Gasteiger partial charge in [-0.05, 0) is 170 Å². The molecule has 19 rings (SSSR count). The number of nitriles is 2. The fraction of sp³-hybridized carbons (Fsp3) is 0.133. The van der Waals surface area contributed by atoms with E-state index in [1.54, 1.807) is 6.08 Å². The van der Waals surface area contributed by atoms with E-state index in [-0.39, 0.29) is 5.41 Å². The predicted molar refractivity (Wildman–Crippen MR) is 358 cm³/mol. The highest BCUT2D eigenvalue weighted by molar-refractivity contribution is 6.19. The molecule has 0 saturated heterocycles. The van der Waals surface area contributed by atoms with Crippen LogP contribution in [0.2, 0.25) is 0 Å². The Balaban J connectivity index is 0.753. The molecule has 6 nitrogen and oxygen atoms in total. The van der Waals surface area contributed by atoms with Gasteiger partial charge in [0.1, 0.15) is 0 Å². The third kappa shape index (κ3) is 6.47. The molecular formula is C83H56N6. The second-order valence-corrected chi connectivity index (χ2v) is 25.5. The van der Waals surface area contributed by atoms with Crippen molar-refractivity contribution >= 4 is 56.3 Å². The first-order chi connectivity index (χ1) is 43.9. The van der Waals surface area contributed by atoms with Crippen LogP contribution in [0.25, 0.3) is 67.2 Å². The maximum atomic E-state index is 10.2. The molecule has 3 heterocycles. The van der Waals surface area contributed by atoms with Crippen molar-refractivity contribution in [2.45, 2.75) is 61.8 Å². The van der Waals surface area contributed by atoms with Crippen LogP contribution in [-0.4, -0.2) is 15.5 Å². The minimum atomic E-state index is -0.555. The van der Waals surface area contributed by atoms with E-state index in [1.165, 1.54) is 123 Å². The van der Waals surface area contributed by atoms with Gasteiger partial charge in [-0.1, -0.05) is 206 Å². The topological polar surface area (TPSA) is 79.8 Å². The summed E-state index contributed by atoms with van der Waals surface area (Å²) in [6, 6.07) is 77.7. The van der Waals surface area contributed by atoms with Gasteiger partial charge in [-0.3, -0.25) is 0 Å². The van der Waals surface area contributed by atoms with Gasteiger partial charge in [-0.15, -0.1) is 0 Å². The number of para-hydroxylation sites is 4. The van der Waals surface area contributed by atoms with Crippen LogP contribution in [0.5, 0.6) is 0 Å². The first kappa shape index (κ1) is 50.3. The van der Waals surface area contributed by atoms with E-state index in [9.17, 15) is 10.5 Å². The third-order valence-electron chi connectivity index (χ3n) is 21.4. The molecule has 9 aromatic carbocycles. The molecule has 1 aromatic heterocycles. The average molecular weight is 1140 g/mol. The maximum Gasteiger partial charge on any atom is 0.0979 e. The molecule has 10 aromatic rings. The van der Waals surface area contributed by atoms with E-state index in [4.69, 9.17) is 9.97 Å². The smallest absolute Gasteiger partial charge is 0.0979 e. The molecule has 0 N–H and O–H groups in total. The highest BCUT2D eigenvalue weighted by Crippen LogP contribution is 2.66. The van der Waals surface area contributed by atoms with Crippen LogP contribution >= 0.6 is 0 Å². The summed E-state index contributed by atoms with van der Waals surface area (Å²) in [5.41, 5.74) is 31.5. The number of aromatic nitrogens is 2. The molecule has 7 aliphatic carbocycles. The molecular weight excluding hydrogens is 1080 g/mol. The van der Waals surface area contributed by atoms with Crippen LogP contribution in [0.15, 0.2) is 253 Å². The molecule has 2 aliphatic heterocycles. The van der Waals surface area contributed by atoms with Gasteiger partial charge in [0.05, 0.1) is 68.6 Å². The summed E-state index contributed by atoms with van der Waals surface area (Å²) in [7, 11) is 0. The Hall–Kier alpha value is -10.9. The van der Waals surface area contributed by atoms with Gasteiger partial charge in [-0.2, -0.15) is 10.5 Å². The van der Waals surface area contributed by atoms with Crippen molar-refractivity contribution in [3.8, 4) is 45.8 Å². The molecule has 0 fully saturated rings. The monoisotopic (exact) mass is 1140 g/mol. The highest BCUT2D eigenvalue weighted by Gasteiger charge is 2.55. The number of anilines is 4. The molecule has 0 amide bonds. The lowest BCUT2D eigenvalue weighted by Gasteiger charge is -2.51. The second-order valence-electron chi connectivity index (χ2n) is 25.5. The molecule has 9 aliphatic rings. The quantitative estimate of drug-likeness (QED) is 0.175. The minimum absolute atomic E-state index is 0.357. The van der Waals surface area contributed by atoms with E-state index in [0.29, 0.717) is 17.7 Å². The zero-order valence-electron chi connectivity index (χ0n) is 49.1. The van der Waals surface area contributed by atoms with Crippen molar-refractivity contribution < 1.29 is 0 Å². The third-order valence-corrected chi connectivity index (χ3v) is 21.4. The number of allylic oxidation sites excluding steroid dienone is 11. The Labute approximate surface area is 517 Å². The van der Waals surface area contributed by atoms with Crippen LogP contribution in [0.4, 0.5) is 22.7 Å². The van der Waals surface area contributed by atoms with E-state index in [1.807, 2.05) is 0 Å². The normalized spacial score (nSPS) is 19.9. The molecule has 6 heteroatoms. The Morgan fingerprint density at radius 1 is 0.506 bits per heavy atom. The van der Waals surface area contributed by atoms with Gasteiger partial charge in [0.2, 0.25) is 0 Å². The molecule has 0 saturated carbocycles. The van der Waals surface area contributed by atoms with Crippen LogP contribution < -0.4 is 9.80 Å². The first-order valence-corrected chi connectivity index (χ1v) is 31.4. The lowest BCUT2D eigenvalue weighted by Crippen LogP contribution is -2.48. The van der Waals surface area contributed by atoms with Gasteiger partial charge in [0.25, 0.3) is 0 Å². The summed E-state index contributed by atoms with van der Waals surface area (Å²) >= 11 is 0. The van der Waals surface area contributed by atoms with Gasteiger partial charge in [0, 0.05) is 45.6 Å². The SMILES string of the molecule is CC1(N2c3ccccc3C3(c4ccccc4-c4ccccc43)c3ccccc32)C=CC(c2ccc3c4c(ccc(C5=CC=C(N6c7ccccc7C7(C8=C(C=CCC8)c8ccccc87)c7ccccc76)CC5)c24)-c2nc4c(nc2-3)C=C(C#N)C(C#N)C4)=CC1. The van der Waals surface area contributed by atoms with Crippen LogP contribution in [0.3, 0.4) is 0 Å². The van der Waals surface area contributed by atoms with Gasteiger partial charge < -0.3 is 9.80 Å².